The summed E-state index contributed by atoms with van der Waals surface area (Å²) in [7, 11) is 0. The van der Waals surface area contributed by atoms with Crippen molar-refractivity contribution in [3.05, 3.63) is 17.5 Å². The van der Waals surface area contributed by atoms with Gasteiger partial charge in [-0.2, -0.15) is 18.3 Å². The Morgan fingerprint density at radius 2 is 2.06 bits per heavy atom. The molecule has 1 fully saturated rings. The SMILES string of the molecule is O=C([O-])c1cn(C2CC2)nc1C(F)(F)F.[K+]. The molecule has 0 N–H and O–H groups in total. The second-order valence-electron chi connectivity index (χ2n) is 3.39. The van der Waals surface area contributed by atoms with Gasteiger partial charge in [-0.25, -0.2) is 0 Å². The molecule has 16 heavy (non-hydrogen) atoms. The van der Waals surface area contributed by atoms with E-state index in [0.717, 1.165) is 23.7 Å². The van der Waals surface area contributed by atoms with E-state index in [9.17, 15) is 23.1 Å². The molecule has 1 saturated carbocycles. The van der Waals surface area contributed by atoms with Crippen LogP contribution in [0.25, 0.3) is 0 Å². The molecule has 1 aromatic heterocycles. The van der Waals surface area contributed by atoms with Gasteiger partial charge in [-0.05, 0) is 12.8 Å². The zero-order valence-corrected chi connectivity index (χ0v) is 11.5. The summed E-state index contributed by atoms with van der Waals surface area (Å²) >= 11 is 0. The molecule has 0 atom stereocenters. The molecule has 1 heterocycles. The average Bonchev–Trinajstić information content (AvgIpc) is 2.81. The van der Waals surface area contributed by atoms with Crippen molar-refractivity contribution in [1.29, 1.82) is 0 Å². The maximum atomic E-state index is 12.3. The van der Waals surface area contributed by atoms with Crippen molar-refractivity contribution in [2.24, 2.45) is 0 Å². The van der Waals surface area contributed by atoms with Gasteiger partial charge in [0.2, 0.25) is 0 Å². The standard InChI is InChI=1S/C8H7F3N2O2.K/c9-8(10,11)6-5(7(14)15)3-13(12-6)4-1-2-4;/h3-4H,1-2H2,(H,14,15);/q;+1/p-1. The average molecular weight is 258 g/mol. The summed E-state index contributed by atoms with van der Waals surface area (Å²) in [6.45, 7) is 0. The summed E-state index contributed by atoms with van der Waals surface area (Å²) in [4.78, 5) is 10.5. The molecule has 0 aliphatic heterocycles. The van der Waals surface area contributed by atoms with Crippen LogP contribution in [0.5, 0.6) is 0 Å². The third-order valence-electron chi connectivity index (χ3n) is 2.14. The Hall–Kier alpha value is 0.106. The predicted octanol–water partition coefficient (Wildman–Crippen LogP) is -2.40. The number of hydrogen-bond acceptors (Lipinski definition) is 3. The minimum absolute atomic E-state index is 0. The topological polar surface area (TPSA) is 57.9 Å². The Morgan fingerprint density at radius 3 is 2.38 bits per heavy atom. The number of carboxylic acids is 1. The summed E-state index contributed by atoms with van der Waals surface area (Å²) in [5, 5.41) is 13.7. The number of rotatable bonds is 2. The van der Waals surface area contributed by atoms with Gasteiger partial charge >= 0.3 is 57.6 Å². The molecule has 0 saturated heterocycles. The summed E-state index contributed by atoms with van der Waals surface area (Å²) in [6.07, 6.45) is -2.41. The summed E-state index contributed by atoms with van der Waals surface area (Å²) in [6, 6.07) is -0.0980. The quantitative estimate of drug-likeness (QED) is 0.556. The van der Waals surface area contributed by atoms with Crippen LogP contribution in [-0.2, 0) is 6.18 Å². The van der Waals surface area contributed by atoms with Crippen molar-refractivity contribution < 1.29 is 74.5 Å². The smallest absolute Gasteiger partial charge is 0.545 e. The van der Waals surface area contributed by atoms with Crippen LogP contribution in [0, 0.1) is 0 Å². The zero-order chi connectivity index (χ0) is 11.2. The molecule has 4 nitrogen and oxygen atoms in total. The number of halogens is 3. The Balaban J connectivity index is 0.00000128. The molecule has 0 radical (unpaired) electrons. The molecule has 2 rings (SSSR count). The predicted molar refractivity (Wildman–Crippen MR) is 39.8 cm³/mol. The van der Waals surface area contributed by atoms with Crippen LogP contribution < -0.4 is 56.5 Å². The summed E-state index contributed by atoms with van der Waals surface area (Å²) < 4.78 is 38.1. The largest absolute Gasteiger partial charge is 1.00 e. The van der Waals surface area contributed by atoms with Gasteiger partial charge in [0.05, 0.1) is 12.0 Å². The van der Waals surface area contributed by atoms with Gasteiger partial charge in [0, 0.05) is 11.8 Å². The first-order valence-electron chi connectivity index (χ1n) is 4.27. The van der Waals surface area contributed by atoms with E-state index in [1.807, 2.05) is 0 Å². The Labute approximate surface area is 131 Å². The number of hydrogen-bond donors (Lipinski definition) is 0. The number of carbonyl (C=O) groups excluding carboxylic acids is 1. The monoisotopic (exact) mass is 258 g/mol. The zero-order valence-electron chi connectivity index (χ0n) is 8.41. The van der Waals surface area contributed by atoms with Gasteiger partial charge in [0.1, 0.15) is 0 Å². The van der Waals surface area contributed by atoms with E-state index >= 15 is 0 Å². The van der Waals surface area contributed by atoms with Crippen LogP contribution in [0.1, 0.15) is 34.9 Å². The van der Waals surface area contributed by atoms with E-state index < -0.39 is 23.4 Å². The molecule has 0 bridgehead atoms. The fourth-order valence-electron chi connectivity index (χ4n) is 1.28. The second kappa shape index (κ2) is 4.77. The fourth-order valence-corrected chi connectivity index (χ4v) is 1.28. The minimum atomic E-state index is -4.75. The minimum Gasteiger partial charge on any atom is -0.545 e. The first-order chi connectivity index (χ1) is 6.89. The number of aromatic nitrogens is 2. The van der Waals surface area contributed by atoms with Gasteiger partial charge in [0.15, 0.2) is 5.69 Å². The molecule has 82 valence electrons. The number of aromatic carboxylic acids is 1. The molecule has 0 unspecified atom stereocenters. The van der Waals surface area contributed by atoms with Crippen molar-refractivity contribution in [3.63, 3.8) is 0 Å². The van der Waals surface area contributed by atoms with Crippen LogP contribution >= 0.6 is 0 Å². The summed E-state index contributed by atoms with van der Waals surface area (Å²) in [5.74, 6) is -1.85. The van der Waals surface area contributed by atoms with Crippen molar-refractivity contribution in [3.8, 4) is 0 Å². The molecular formula is C8H6F3KN2O2. The van der Waals surface area contributed by atoms with E-state index in [1.165, 1.54) is 0 Å². The van der Waals surface area contributed by atoms with Crippen LogP contribution in [-0.4, -0.2) is 15.7 Å². The third-order valence-corrected chi connectivity index (χ3v) is 2.14. The molecule has 0 amide bonds. The molecule has 0 spiro atoms. The summed E-state index contributed by atoms with van der Waals surface area (Å²) in [5.41, 5.74) is -2.27. The third kappa shape index (κ3) is 2.86. The molecule has 1 aromatic rings. The van der Waals surface area contributed by atoms with Gasteiger partial charge in [-0.15, -0.1) is 0 Å². The Bertz CT molecular complexity index is 412. The van der Waals surface area contributed by atoms with Crippen molar-refractivity contribution in [2.75, 3.05) is 0 Å². The number of alkyl halides is 3. The first-order valence-corrected chi connectivity index (χ1v) is 4.27. The Kier molecular flexibility index (Phi) is 4.22. The van der Waals surface area contributed by atoms with Crippen LogP contribution in [0.15, 0.2) is 6.20 Å². The molecule has 1 aliphatic carbocycles. The molecule has 8 heteroatoms. The second-order valence-corrected chi connectivity index (χ2v) is 3.39. The molecule has 0 aromatic carbocycles. The van der Waals surface area contributed by atoms with Crippen LogP contribution in [0.2, 0.25) is 0 Å². The van der Waals surface area contributed by atoms with Crippen molar-refractivity contribution >= 4 is 5.97 Å². The van der Waals surface area contributed by atoms with Crippen LogP contribution in [0.3, 0.4) is 0 Å². The van der Waals surface area contributed by atoms with Gasteiger partial charge in [-0.1, -0.05) is 0 Å². The van der Waals surface area contributed by atoms with E-state index in [-0.39, 0.29) is 57.4 Å². The van der Waals surface area contributed by atoms with Gasteiger partial charge in [0.25, 0.3) is 0 Å². The number of nitrogens with zero attached hydrogens (tertiary/aromatic N) is 2. The van der Waals surface area contributed by atoms with E-state index in [0.29, 0.717) is 0 Å². The van der Waals surface area contributed by atoms with Gasteiger partial charge in [-0.3, -0.25) is 4.68 Å². The van der Waals surface area contributed by atoms with Gasteiger partial charge < -0.3 is 9.90 Å². The van der Waals surface area contributed by atoms with Crippen molar-refractivity contribution in [1.82, 2.24) is 9.78 Å². The fraction of sp³-hybridized carbons (Fsp3) is 0.500. The maximum Gasteiger partial charge on any atom is 1.00 e. The van der Waals surface area contributed by atoms with E-state index in [2.05, 4.69) is 5.10 Å². The van der Waals surface area contributed by atoms with E-state index in [4.69, 9.17) is 0 Å². The maximum absolute atomic E-state index is 12.3. The molecule has 1 aliphatic rings. The normalized spacial score (nSPS) is 15.7. The molecular weight excluding hydrogens is 252 g/mol. The number of carbonyl (C=O) groups is 1. The van der Waals surface area contributed by atoms with Crippen molar-refractivity contribution in [2.45, 2.75) is 25.1 Å². The number of carboxylic acid groups (broad SMARTS) is 1. The van der Waals surface area contributed by atoms with E-state index in [1.54, 1.807) is 0 Å². The first kappa shape index (κ1) is 14.2. The Morgan fingerprint density at radius 1 is 1.50 bits per heavy atom. The van der Waals surface area contributed by atoms with Crippen LogP contribution in [0.4, 0.5) is 13.2 Å².